The number of hydrogen-bond acceptors (Lipinski definition) is 2. The molecule has 1 heterocycles. The lowest BCUT2D eigenvalue weighted by Crippen LogP contribution is -3.09. The van der Waals surface area contributed by atoms with Gasteiger partial charge in [0.2, 0.25) is 6.04 Å². The Hall–Kier alpha value is -0.610. The Bertz CT molecular complexity index is 121. The van der Waals surface area contributed by atoms with E-state index in [-0.39, 0.29) is 12.0 Å². The number of methoxy groups -OCH3 is 1. The van der Waals surface area contributed by atoms with E-state index in [4.69, 9.17) is 0 Å². The van der Waals surface area contributed by atoms with Gasteiger partial charge < -0.3 is 15.4 Å². The van der Waals surface area contributed by atoms with Crippen molar-refractivity contribution in [2.24, 2.45) is 0 Å². The van der Waals surface area contributed by atoms with Crippen LogP contribution in [0.5, 0.6) is 0 Å². The third kappa shape index (κ3) is 1.68. The molecule has 1 saturated heterocycles. The monoisotopic (exact) mass is 146 g/mol. The first-order valence-corrected chi connectivity index (χ1v) is 3.57. The van der Waals surface area contributed by atoms with E-state index in [0.717, 1.165) is 19.6 Å². The van der Waals surface area contributed by atoms with Crippen LogP contribution in [0, 0.1) is 0 Å². The minimum absolute atomic E-state index is 0.0266. The van der Waals surface area contributed by atoms with E-state index in [9.17, 15) is 4.79 Å². The van der Waals surface area contributed by atoms with Crippen molar-refractivity contribution in [3.05, 3.63) is 0 Å². The van der Waals surface area contributed by atoms with Gasteiger partial charge in [0.25, 0.3) is 0 Å². The summed E-state index contributed by atoms with van der Waals surface area (Å²) >= 11 is 0. The summed E-state index contributed by atoms with van der Waals surface area (Å²) in [6.07, 6.45) is 0. The summed E-state index contributed by atoms with van der Waals surface area (Å²) in [6, 6.07) is 0.0266. The number of nitrogens with two attached hydrogens (primary N) is 2. The predicted octanol–water partition coefficient (Wildman–Crippen LogP) is -3.33. The normalized spacial score (nSPS) is 25.9. The molecule has 1 rings (SSSR count). The average molecular weight is 146 g/mol. The molecule has 4 heteroatoms. The van der Waals surface area contributed by atoms with Crippen molar-refractivity contribution in [3.63, 3.8) is 0 Å². The van der Waals surface area contributed by atoms with Crippen LogP contribution in [0.15, 0.2) is 0 Å². The maximum absolute atomic E-state index is 10.9. The second-order valence-corrected chi connectivity index (χ2v) is 2.47. The number of hydrogen-bond donors (Lipinski definition) is 2. The van der Waals surface area contributed by atoms with Gasteiger partial charge in [-0.15, -0.1) is 0 Å². The molecule has 0 spiro atoms. The smallest absolute Gasteiger partial charge is 0.370 e. The first-order valence-electron chi connectivity index (χ1n) is 3.57. The third-order valence-corrected chi connectivity index (χ3v) is 1.75. The molecule has 1 aliphatic heterocycles. The Labute approximate surface area is 59.9 Å². The second kappa shape index (κ2) is 3.53. The first kappa shape index (κ1) is 7.50. The first-order chi connectivity index (χ1) is 4.84. The van der Waals surface area contributed by atoms with E-state index in [2.05, 4.69) is 10.1 Å². The molecule has 0 aromatic rings. The summed E-state index contributed by atoms with van der Waals surface area (Å²) in [4.78, 5) is 10.9. The van der Waals surface area contributed by atoms with Gasteiger partial charge in [0.1, 0.15) is 19.6 Å². The highest BCUT2D eigenvalue weighted by atomic mass is 16.5. The van der Waals surface area contributed by atoms with Gasteiger partial charge in [0, 0.05) is 0 Å². The SMILES string of the molecule is COC(=O)[C@@H]1C[NH2+]CC[NH2+]1. The Morgan fingerprint density at radius 3 is 2.90 bits per heavy atom. The molecule has 0 amide bonds. The van der Waals surface area contributed by atoms with E-state index in [1.54, 1.807) is 0 Å². The fraction of sp³-hybridized carbons (Fsp3) is 0.833. The molecule has 4 N–H and O–H groups in total. The fourth-order valence-corrected chi connectivity index (χ4v) is 1.15. The van der Waals surface area contributed by atoms with Crippen molar-refractivity contribution in [3.8, 4) is 0 Å². The van der Waals surface area contributed by atoms with E-state index in [1.807, 2.05) is 5.32 Å². The zero-order valence-corrected chi connectivity index (χ0v) is 6.17. The number of rotatable bonds is 1. The standard InChI is InChI=1S/C6H12N2O2/c1-10-6(9)5-4-7-2-3-8-5/h5,7-8H,2-4H2,1H3/p+2/t5-/m0/s1. The molecule has 0 unspecified atom stereocenters. The molecule has 1 fully saturated rings. The summed E-state index contributed by atoms with van der Waals surface area (Å²) in [5.41, 5.74) is 0. The maximum Gasteiger partial charge on any atom is 0.370 e. The lowest BCUT2D eigenvalue weighted by Gasteiger charge is -2.15. The Morgan fingerprint density at radius 1 is 1.60 bits per heavy atom. The lowest BCUT2D eigenvalue weighted by molar-refractivity contribution is -0.802. The van der Waals surface area contributed by atoms with Gasteiger partial charge in [-0.1, -0.05) is 0 Å². The zero-order chi connectivity index (χ0) is 7.40. The molecule has 0 aromatic heterocycles. The van der Waals surface area contributed by atoms with Crippen LogP contribution in [0.2, 0.25) is 0 Å². The quantitative estimate of drug-likeness (QED) is 0.380. The molecule has 1 aliphatic rings. The summed E-state index contributed by atoms with van der Waals surface area (Å²) < 4.78 is 4.60. The number of carbonyl (C=O) groups excluding carboxylic acids is 1. The summed E-state index contributed by atoms with van der Waals surface area (Å²) in [5, 5.41) is 4.17. The lowest BCUT2D eigenvalue weighted by atomic mass is 10.2. The van der Waals surface area contributed by atoms with E-state index >= 15 is 0 Å². The molecule has 0 radical (unpaired) electrons. The molecule has 4 nitrogen and oxygen atoms in total. The predicted molar refractivity (Wildman–Crippen MR) is 34.3 cm³/mol. The summed E-state index contributed by atoms with van der Waals surface area (Å²) in [5.74, 6) is -0.101. The topological polar surface area (TPSA) is 59.5 Å². The molecule has 0 bridgehead atoms. The van der Waals surface area contributed by atoms with Crippen LogP contribution in [-0.4, -0.2) is 38.8 Å². The van der Waals surface area contributed by atoms with Gasteiger partial charge in [0.15, 0.2) is 0 Å². The van der Waals surface area contributed by atoms with Crippen molar-refractivity contribution in [2.75, 3.05) is 26.7 Å². The molecule has 0 aliphatic carbocycles. The summed E-state index contributed by atoms with van der Waals surface area (Å²) in [6.45, 7) is 2.97. The number of carbonyl (C=O) groups is 1. The fourth-order valence-electron chi connectivity index (χ4n) is 1.15. The van der Waals surface area contributed by atoms with Gasteiger partial charge in [-0.3, -0.25) is 0 Å². The van der Waals surface area contributed by atoms with Crippen molar-refractivity contribution in [1.29, 1.82) is 0 Å². The highest BCUT2D eigenvalue weighted by Crippen LogP contribution is 1.77. The Kier molecular flexibility index (Phi) is 2.65. The van der Waals surface area contributed by atoms with Crippen LogP contribution in [-0.2, 0) is 9.53 Å². The average Bonchev–Trinajstić information content (AvgIpc) is 2.05. The minimum Gasteiger partial charge on any atom is -0.464 e. The molecule has 58 valence electrons. The molecule has 10 heavy (non-hydrogen) atoms. The number of ether oxygens (including phenoxy) is 1. The van der Waals surface area contributed by atoms with Gasteiger partial charge >= 0.3 is 5.97 Å². The van der Waals surface area contributed by atoms with E-state index in [1.165, 1.54) is 7.11 Å². The van der Waals surface area contributed by atoms with Crippen LogP contribution < -0.4 is 10.6 Å². The molecule has 0 aromatic carbocycles. The van der Waals surface area contributed by atoms with Crippen LogP contribution in [0.25, 0.3) is 0 Å². The van der Waals surface area contributed by atoms with Crippen LogP contribution >= 0.6 is 0 Å². The molecular formula is C6H14N2O2+2. The van der Waals surface area contributed by atoms with E-state index < -0.39 is 0 Å². The Morgan fingerprint density at radius 2 is 2.40 bits per heavy atom. The Balaban J connectivity index is 2.31. The second-order valence-electron chi connectivity index (χ2n) is 2.47. The third-order valence-electron chi connectivity index (χ3n) is 1.75. The van der Waals surface area contributed by atoms with Crippen LogP contribution in [0.1, 0.15) is 0 Å². The number of quaternary nitrogens is 2. The van der Waals surface area contributed by atoms with Crippen molar-refractivity contribution in [2.45, 2.75) is 6.04 Å². The largest absolute Gasteiger partial charge is 0.464 e. The van der Waals surface area contributed by atoms with Crippen molar-refractivity contribution >= 4 is 5.97 Å². The maximum atomic E-state index is 10.9. The molecular weight excluding hydrogens is 132 g/mol. The van der Waals surface area contributed by atoms with Crippen LogP contribution in [0.4, 0.5) is 0 Å². The highest BCUT2D eigenvalue weighted by Gasteiger charge is 2.27. The van der Waals surface area contributed by atoms with Gasteiger partial charge in [-0.05, 0) is 0 Å². The number of esters is 1. The van der Waals surface area contributed by atoms with Gasteiger partial charge in [-0.2, -0.15) is 0 Å². The molecule has 0 saturated carbocycles. The summed E-state index contributed by atoms with van der Waals surface area (Å²) in [7, 11) is 1.44. The minimum atomic E-state index is -0.101. The van der Waals surface area contributed by atoms with Gasteiger partial charge in [-0.25, -0.2) is 4.79 Å². The van der Waals surface area contributed by atoms with E-state index in [0.29, 0.717) is 0 Å². The molecule has 1 atom stereocenters. The van der Waals surface area contributed by atoms with Gasteiger partial charge in [0.05, 0.1) is 7.11 Å². The van der Waals surface area contributed by atoms with Crippen molar-refractivity contribution < 1.29 is 20.2 Å². The highest BCUT2D eigenvalue weighted by molar-refractivity contribution is 5.73. The number of piperazine rings is 1. The zero-order valence-electron chi connectivity index (χ0n) is 6.17. The van der Waals surface area contributed by atoms with Crippen molar-refractivity contribution in [1.82, 2.24) is 0 Å². The van der Waals surface area contributed by atoms with Crippen LogP contribution in [0.3, 0.4) is 0 Å².